The van der Waals surface area contributed by atoms with Gasteiger partial charge in [-0.2, -0.15) is 0 Å². The van der Waals surface area contributed by atoms with E-state index in [1.165, 1.54) is 12.8 Å². The number of carboxylic acids is 1. The zero-order chi connectivity index (χ0) is 14.7. The standard InChI is InChI=1S/C17H22O4/c18-16(19)11-13-5-1-2-6-15(13)21-14-7-10-20-17(12-14)8-3-4-9-17/h1-2,5-6,14H,3-4,7-12H2,(H,18,19). The molecule has 1 aromatic carbocycles. The highest BCUT2D eigenvalue weighted by Gasteiger charge is 2.40. The Hall–Kier alpha value is -1.55. The maximum Gasteiger partial charge on any atom is 0.307 e. The van der Waals surface area contributed by atoms with Crippen molar-refractivity contribution in [2.45, 2.75) is 56.7 Å². The van der Waals surface area contributed by atoms with Gasteiger partial charge in [-0.15, -0.1) is 0 Å². The summed E-state index contributed by atoms with van der Waals surface area (Å²) in [5.41, 5.74) is 0.766. The van der Waals surface area contributed by atoms with Crippen molar-refractivity contribution >= 4 is 5.97 Å². The van der Waals surface area contributed by atoms with Crippen LogP contribution in [0, 0.1) is 0 Å². The molecule has 1 aromatic rings. The highest BCUT2D eigenvalue weighted by atomic mass is 16.5. The first-order valence-electron chi connectivity index (χ1n) is 7.77. The Balaban J connectivity index is 1.70. The predicted molar refractivity (Wildman–Crippen MR) is 78.6 cm³/mol. The summed E-state index contributed by atoms with van der Waals surface area (Å²) >= 11 is 0. The molecule has 1 aliphatic carbocycles. The first-order chi connectivity index (χ1) is 10.2. The van der Waals surface area contributed by atoms with E-state index in [0.29, 0.717) is 5.75 Å². The second-order valence-electron chi connectivity index (χ2n) is 6.15. The third kappa shape index (κ3) is 3.38. The van der Waals surface area contributed by atoms with Crippen molar-refractivity contribution < 1.29 is 19.4 Å². The maximum absolute atomic E-state index is 10.9. The number of hydrogen-bond donors (Lipinski definition) is 1. The molecule has 1 N–H and O–H groups in total. The van der Waals surface area contributed by atoms with Gasteiger partial charge >= 0.3 is 5.97 Å². The van der Waals surface area contributed by atoms with E-state index in [-0.39, 0.29) is 18.1 Å². The van der Waals surface area contributed by atoms with Crippen LogP contribution in [0.5, 0.6) is 5.75 Å². The maximum atomic E-state index is 10.9. The third-order valence-corrected chi connectivity index (χ3v) is 4.57. The summed E-state index contributed by atoms with van der Waals surface area (Å²) in [4.78, 5) is 10.9. The van der Waals surface area contributed by atoms with Crippen molar-refractivity contribution in [3.05, 3.63) is 29.8 Å². The van der Waals surface area contributed by atoms with Gasteiger partial charge in [0.05, 0.1) is 18.6 Å². The van der Waals surface area contributed by atoms with E-state index >= 15 is 0 Å². The van der Waals surface area contributed by atoms with Gasteiger partial charge in [-0.25, -0.2) is 0 Å². The van der Waals surface area contributed by atoms with Crippen LogP contribution < -0.4 is 4.74 Å². The van der Waals surface area contributed by atoms with E-state index in [4.69, 9.17) is 14.6 Å². The summed E-state index contributed by atoms with van der Waals surface area (Å²) in [6.45, 7) is 0.742. The van der Waals surface area contributed by atoms with Gasteiger partial charge in [-0.1, -0.05) is 31.0 Å². The van der Waals surface area contributed by atoms with Crippen LogP contribution in [-0.4, -0.2) is 29.4 Å². The Bertz CT molecular complexity index is 505. The number of benzene rings is 1. The minimum absolute atomic E-state index is 0.00450. The number of carboxylic acid groups (broad SMARTS) is 1. The molecule has 0 amide bonds. The first-order valence-corrected chi connectivity index (χ1v) is 7.77. The van der Waals surface area contributed by atoms with E-state index in [2.05, 4.69) is 0 Å². The normalized spacial score (nSPS) is 24.1. The molecule has 1 heterocycles. The van der Waals surface area contributed by atoms with Crippen molar-refractivity contribution in [1.29, 1.82) is 0 Å². The van der Waals surface area contributed by atoms with Gasteiger partial charge in [0.2, 0.25) is 0 Å². The Morgan fingerprint density at radius 3 is 2.86 bits per heavy atom. The summed E-state index contributed by atoms with van der Waals surface area (Å²) in [6.07, 6.45) is 6.67. The molecule has 114 valence electrons. The van der Waals surface area contributed by atoms with Crippen molar-refractivity contribution in [3.8, 4) is 5.75 Å². The molecule has 1 unspecified atom stereocenters. The molecule has 1 spiro atoms. The van der Waals surface area contributed by atoms with E-state index in [1.807, 2.05) is 24.3 Å². The molecular weight excluding hydrogens is 268 g/mol. The number of aliphatic carboxylic acids is 1. The van der Waals surface area contributed by atoms with Crippen molar-refractivity contribution in [2.75, 3.05) is 6.61 Å². The Morgan fingerprint density at radius 1 is 1.33 bits per heavy atom. The number of para-hydroxylation sites is 1. The minimum Gasteiger partial charge on any atom is -0.490 e. The summed E-state index contributed by atoms with van der Waals surface area (Å²) in [5.74, 6) is -0.120. The molecule has 0 aromatic heterocycles. The highest BCUT2D eigenvalue weighted by Crippen LogP contribution is 2.41. The van der Waals surface area contributed by atoms with Crippen molar-refractivity contribution in [2.24, 2.45) is 0 Å². The fourth-order valence-corrected chi connectivity index (χ4v) is 3.56. The number of ether oxygens (including phenoxy) is 2. The molecule has 21 heavy (non-hydrogen) atoms. The zero-order valence-electron chi connectivity index (χ0n) is 12.2. The van der Waals surface area contributed by atoms with E-state index in [9.17, 15) is 4.79 Å². The van der Waals surface area contributed by atoms with Gasteiger partial charge < -0.3 is 14.6 Å². The first kappa shape index (κ1) is 14.4. The monoisotopic (exact) mass is 290 g/mol. The Morgan fingerprint density at radius 2 is 2.10 bits per heavy atom. The lowest BCUT2D eigenvalue weighted by Crippen LogP contribution is -2.41. The molecule has 1 saturated carbocycles. The Labute approximate surface area is 125 Å². The SMILES string of the molecule is O=C(O)Cc1ccccc1OC1CCOC2(CCCC2)C1. The predicted octanol–water partition coefficient (Wildman–Crippen LogP) is 3.18. The molecule has 4 heteroatoms. The lowest BCUT2D eigenvalue weighted by molar-refractivity contribution is -0.136. The van der Waals surface area contributed by atoms with E-state index < -0.39 is 5.97 Å². The average molecular weight is 290 g/mol. The van der Waals surface area contributed by atoms with Crippen LogP contribution >= 0.6 is 0 Å². The van der Waals surface area contributed by atoms with Crippen LogP contribution in [0.3, 0.4) is 0 Å². The highest BCUT2D eigenvalue weighted by molar-refractivity contribution is 5.71. The van der Waals surface area contributed by atoms with Gasteiger partial charge in [-0.05, 0) is 18.9 Å². The lowest BCUT2D eigenvalue weighted by atomic mass is 9.90. The molecule has 2 aliphatic rings. The van der Waals surface area contributed by atoms with Crippen LogP contribution in [0.15, 0.2) is 24.3 Å². The van der Waals surface area contributed by atoms with Gasteiger partial charge in [0.1, 0.15) is 11.9 Å². The summed E-state index contributed by atoms with van der Waals surface area (Å²) < 4.78 is 12.1. The van der Waals surface area contributed by atoms with Crippen molar-refractivity contribution in [3.63, 3.8) is 0 Å². The van der Waals surface area contributed by atoms with Crippen LogP contribution in [-0.2, 0) is 16.0 Å². The topological polar surface area (TPSA) is 55.8 Å². The fourth-order valence-electron chi connectivity index (χ4n) is 3.56. The summed E-state index contributed by atoms with van der Waals surface area (Å²) in [6, 6.07) is 7.45. The van der Waals surface area contributed by atoms with Crippen LogP contribution in [0.4, 0.5) is 0 Å². The molecule has 0 radical (unpaired) electrons. The summed E-state index contributed by atoms with van der Waals surface area (Å²) in [5, 5.41) is 8.99. The zero-order valence-corrected chi connectivity index (χ0v) is 12.2. The fraction of sp³-hybridized carbons (Fsp3) is 0.588. The second-order valence-corrected chi connectivity index (χ2v) is 6.15. The summed E-state index contributed by atoms with van der Waals surface area (Å²) in [7, 11) is 0. The molecule has 4 nitrogen and oxygen atoms in total. The molecular formula is C17H22O4. The smallest absolute Gasteiger partial charge is 0.307 e. The Kier molecular flexibility index (Phi) is 4.15. The largest absolute Gasteiger partial charge is 0.490 e. The quantitative estimate of drug-likeness (QED) is 0.925. The molecule has 1 aliphatic heterocycles. The lowest BCUT2D eigenvalue weighted by Gasteiger charge is -2.38. The van der Waals surface area contributed by atoms with Crippen LogP contribution in [0.1, 0.15) is 44.1 Å². The van der Waals surface area contributed by atoms with Crippen LogP contribution in [0.25, 0.3) is 0 Å². The van der Waals surface area contributed by atoms with Crippen LogP contribution in [0.2, 0.25) is 0 Å². The third-order valence-electron chi connectivity index (χ3n) is 4.57. The van der Waals surface area contributed by atoms with Gasteiger partial charge in [0.15, 0.2) is 0 Å². The molecule has 3 rings (SSSR count). The molecule has 2 fully saturated rings. The second kappa shape index (κ2) is 6.06. The molecule has 1 atom stereocenters. The molecule has 1 saturated heterocycles. The number of rotatable bonds is 4. The number of carbonyl (C=O) groups is 1. The van der Waals surface area contributed by atoms with E-state index in [0.717, 1.165) is 37.9 Å². The van der Waals surface area contributed by atoms with E-state index in [1.54, 1.807) is 0 Å². The van der Waals surface area contributed by atoms with Gasteiger partial charge in [-0.3, -0.25) is 4.79 Å². The average Bonchev–Trinajstić information content (AvgIpc) is 2.88. The minimum atomic E-state index is -0.828. The van der Waals surface area contributed by atoms with Gasteiger partial charge in [0, 0.05) is 18.4 Å². The molecule has 0 bridgehead atoms. The number of hydrogen-bond acceptors (Lipinski definition) is 3. The van der Waals surface area contributed by atoms with Crippen molar-refractivity contribution in [1.82, 2.24) is 0 Å². The van der Waals surface area contributed by atoms with Gasteiger partial charge in [0.25, 0.3) is 0 Å².